The number of nitrogens with one attached hydrogen (secondary N) is 1. The molecule has 0 radical (unpaired) electrons. The molecule has 2 unspecified atom stereocenters. The number of hydrogen-bond donors (Lipinski definition) is 2. The lowest BCUT2D eigenvalue weighted by Crippen LogP contribution is -2.41. The predicted molar refractivity (Wildman–Crippen MR) is 51.0 cm³/mol. The first-order chi connectivity index (χ1) is 6.70. The Morgan fingerprint density at radius 2 is 2.36 bits per heavy atom. The van der Waals surface area contributed by atoms with E-state index in [1.54, 1.807) is 6.07 Å². The predicted octanol–water partition coefficient (Wildman–Crippen LogP) is 1.38. The highest BCUT2D eigenvalue weighted by molar-refractivity contribution is 5.58. The van der Waals surface area contributed by atoms with E-state index < -0.39 is 0 Å². The fourth-order valence-corrected chi connectivity index (χ4v) is 1.51. The van der Waals surface area contributed by atoms with E-state index in [-0.39, 0.29) is 24.6 Å². The van der Waals surface area contributed by atoms with Crippen molar-refractivity contribution < 1.29 is 14.2 Å². The number of aliphatic hydroxyl groups is 1. The second kappa shape index (κ2) is 3.46. The monoisotopic (exact) mass is 197 g/mol. The molecule has 4 heteroatoms. The van der Waals surface area contributed by atoms with Gasteiger partial charge in [0.05, 0.1) is 18.3 Å². The maximum Gasteiger partial charge on any atom is 0.145 e. The van der Waals surface area contributed by atoms with Crippen LogP contribution in [0.4, 0.5) is 10.1 Å². The van der Waals surface area contributed by atoms with Gasteiger partial charge < -0.3 is 15.2 Å². The van der Waals surface area contributed by atoms with E-state index in [4.69, 9.17) is 9.84 Å². The molecule has 76 valence electrons. The summed E-state index contributed by atoms with van der Waals surface area (Å²) in [6.07, 6.45) is -0.315. The molecule has 1 aromatic rings. The summed E-state index contributed by atoms with van der Waals surface area (Å²) in [5.41, 5.74) is 0.767. The van der Waals surface area contributed by atoms with Crippen molar-refractivity contribution in [1.82, 2.24) is 0 Å². The van der Waals surface area contributed by atoms with Crippen molar-refractivity contribution in [1.29, 1.82) is 0 Å². The van der Waals surface area contributed by atoms with E-state index in [1.807, 2.05) is 6.92 Å². The van der Waals surface area contributed by atoms with Gasteiger partial charge in [-0.25, -0.2) is 4.39 Å². The van der Waals surface area contributed by atoms with Crippen molar-refractivity contribution in [2.75, 3.05) is 11.9 Å². The minimum Gasteiger partial charge on any atom is -0.484 e. The Kier molecular flexibility index (Phi) is 2.29. The molecule has 1 aliphatic rings. The van der Waals surface area contributed by atoms with E-state index in [0.717, 1.165) is 5.69 Å². The van der Waals surface area contributed by atoms with Gasteiger partial charge in [0.25, 0.3) is 0 Å². The lowest BCUT2D eigenvalue weighted by atomic mass is 10.1. The van der Waals surface area contributed by atoms with E-state index in [0.29, 0.717) is 5.75 Å². The highest BCUT2D eigenvalue weighted by Crippen LogP contribution is 2.31. The van der Waals surface area contributed by atoms with Gasteiger partial charge in [0.15, 0.2) is 0 Å². The van der Waals surface area contributed by atoms with Gasteiger partial charge in [-0.15, -0.1) is 0 Å². The molecule has 0 saturated heterocycles. The van der Waals surface area contributed by atoms with Gasteiger partial charge in [-0.1, -0.05) is 0 Å². The third kappa shape index (κ3) is 1.53. The Morgan fingerprint density at radius 3 is 3.07 bits per heavy atom. The maximum absolute atomic E-state index is 12.9. The van der Waals surface area contributed by atoms with E-state index >= 15 is 0 Å². The molecule has 0 amide bonds. The standard InChI is InChI=1S/C10H12FNO2/c1-6-10(5-13)14-9-4-7(11)2-3-8(9)12-6/h2-4,6,10,12-13H,5H2,1H3. The van der Waals surface area contributed by atoms with Gasteiger partial charge in [0.2, 0.25) is 0 Å². The van der Waals surface area contributed by atoms with Crippen molar-refractivity contribution in [2.24, 2.45) is 0 Å². The molecule has 0 aliphatic carbocycles. The summed E-state index contributed by atoms with van der Waals surface area (Å²) in [6.45, 7) is 1.83. The van der Waals surface area contributed by atoms with Crippen LogP contribution in [-0.4, -0.2) is 23.9 Å². The highest BCUT2D eigenvalue weighted by atomic mass is 19.1. The summed E-state index contributed by atoms with van der Waals surface area (Å²) >= 11 is 0. The first kappa shape index (κ1) is 9.27. The first-order valence-corrected chi connectivity index (χ1v) is 4.54. The molecule has 2 rings (SSSR count). The first-order valence-electron chi connectivity index (χ1n) is 4.54. The van der Waals surface area contributed by atoms with Gasteiger partial charge >= 0.3 is 0 Å². The SMILES string of the molecule is CC1Nc2ccc(F)cc2OC1CO. The number of halogens is 1. The quantitative estimate of drug-likeness (QED) is 0.714. The van der Waals surface area contributed by atoms with Crippen LogP contribution < -0.4 is 10.1 Å². The van der Waals surface area contributed by atoms with Crippen LogP contribution in [0.2, 0.25) is 0 Å². The number of ether oxygens (including phenoxy) is 1. The van der Waals surface area contributed by atoms with Gasteiger partial charge in [0.1, 0.15) is 17.7 Å². The fourth-order valence-electron chi connectivity index (χ4n) is 1.51. The number of rotatable bonds is 1. The summed E-state index contributed by atoms with van der Waals surface area (Å²) in [4.78, 5) is 0. The van der Waals surface area contributed by atoms with Crippen LogP contribution >= 0.6 is 0 Å². The Balaban J connectivity index is 2.31. The van der Waals surface area contributed by atoms with E-state index in [2.05, 4.69) is 5.32 Å². The van der Waals surface area contributed by atoms with Gasteiger partial charge in [-0.3, -0.25) is 0 Å². The van der Waals surface area contributed by atoms with Crippen molar-refractivity contribution in [3.63, 3.8) is 0 Å². The second-order valence-electron chi connectivity index (χ2n) is 3.41. The highest BCUT2D eigenvalue weighted by Gasteiger charge is 2.25. The van der Waals surface area contributed by atoms with Gasteiger partial charge in [0, 0.05) is 6.07 Å². The lowest BCUT2D eigenvalue weighted by molar-refractivity contribution is 0.0974. The van der Waals surface area contributed by atoms with Gasteiger partial charge in [-0.05, 0) is 19.1 Å². The summed E-state index contributed by atoms with van der Waals surface area (Å²) in [5.74, 6) is 0.124. The van der Waals surface area contributed by atoms with E-state index in [9.17, 15) is 4.39 Å². The molecule has 0 fully saturated rings. The zero-order valence-corrected chi connectivity index (χ0v) is 7.83. The molecule has 1 heterocycles. The summed E-state index contributed by atoms with van der Waals surface area (Å²) in [6, 6.07) is 4.35. The second-order valence-corrected chi connectivity index (χ2v) is 3.41. The summed E-state index contributed by atoms with van der Waals surface area (Å²) < 4.78 is 18.3. The fraction of sp³-hybridized carbons (Fsp3) is 0.400. The maximum atomic E-state index is 12.9. The molecule has 0 aromatic heterocycles. The Labute approximate surface area is 81.5 Å². The minimum absolute atomic E-state index is 0.0259. The zero-order valence-electron chi connectivity index (χ0n) is 7.83. The van der Waals surface area contributed by atoms with Crippen LogP contribution in [0, 0.1) is 5.82 Å². The third-order valence-electron chi connectivity index (χ3n) is 2.34. The van der Waals surface area contributed by atoms with Crippen LogP contribution in [0.25, 0.3) is 0 Å². The molecular weight excluding hydrogens is 185 g/mol. The minimum atomic E-state index is -0.336. The molecule has 2 atom stereocenters. The van der Waals surface area contributed by atoms with Crippen LogP contribution in [0.15, 0.2) is 18.2 Å². The molecule has 1 aromatic carbocycles. The van der Waals surface area contributed by atoms with Crippen molar-refractivity contribution in [2.45, 2.75) is 19.1 Å². The number of fused-ring (bicyclic) bond motifs is 1. The average molecular weight is 197 g/mol. The zero-order chi connectivity index (χ0) is 10.1. The Morgan fingerprint density at radius 1 is 1.57 bits per heavy atom. The number of anilines is 1. The molecule has 0 bridgehead atoms. The topological polar surface area (TPSA) is 41.5 Å². The molecular formula is C10H12FNO2. The van der Waals surface area contributed by atoms with Crippen molar-refractivity contribution in [3.05, 3.63) is 24.0 Å². The smallest absolute Gasteiger partial charge is 0.145 e. The Hall–Kier alpha value is -1.29. The Bertz CT molecular complexity index is 343. The molecule has 1 aliphatic heterocycles. The molecule has 0 spiro atoms. The molecule has 14 heavy (non-hydrogen) atoms. The number of hydrogen-bond acceptors (Lipinski definition) is 3. The number of aliphatic hydroxyl groups excluding tert-OH is 1. The van der Waals surface area contributed by atoms with E-state index in [1.165, 1.54) is 12.1 Å². The largest absolute Gasteiger partial charge is 0.484 e. The summed E-state index contributed by atoms with van der Waals surface area (Å²) in [7, 11) is 0. The number of benzene rings is 1. The van der Waals surface area contributed by atoms with Crippen LogP contribution in [-0.2, 0) is 0 Å². The molecule has 0 saturated carbocycles. The van der Waals surface area contributed by atoms with Gasteiger partial charge in [-0.2, -0.15) is 0 Å². The summed E-state index contributed by atoms with van der Waals surface area (Å²) in [5, 5.41) is 12.1. The van der Waals surface area contributed by atoms with Crippen LogP contribution in [0.5, 0.6) is 5.75 Å². The molecule has 3 nitrogen and oxygen atoms in total. The lowest BCUT2D eigenvalue weighted by Gasteiger charge is -2.31. The van der Waals surface area contributed by atoms with Crippen molar-refractivity contribution in [3.8, 4) is 5.75 Å². The van der Waals surface area contributed by atoms with Crippen LogP contribution in [0.3, 0.4) is 0 Å². The van der Waals surface area contributed by atoms with Crippen LogP contribution in [0.1, 0.15) is 6.92 Å². The third-order valence-corrected chi connectivity index (χ3v) is 2.34. The molecule has 2 N–H and O–H groups in total. The average Bonchev–Trinajstić information content (AvgIpc) is 2.17. The normalized spacial score (nSPS) is 24.8. The van der Waals surface area contributed by atoms with Crippen molar-refractivity contribution >= 4 is 5.69 Å².